The average Bonchev–Trinajstić information content (AvgIpc) is 2.47. The largest absolute Gasteiger partial charge is 0.302 e. The molecular weight excluding hydrogens is 272 g/mol. The number of Topliss-reactive ketones (excluding diaryl/α,β-unsaturated/α-hetero) is 1. The Balaban J connectivity index is 1.84. The molecule has 0 N–H and O–H groups in total. The minimum absolute atomic E-state index is 0.0829. The van der Waals surface area contributed by atoms with E-state index in [9.17, 15) is 13.6 Å². The first-order valence-corrected chi connectivity index (χ1v) is 6.76. The summed E-state index contributed by atoms with van der Waals surface area (Å²) >= 11 is 0. The van der Waals surface area contributed by atoms with E-state index in [2.05, 4.69) is 0 Å². The van der Waals surface area contributed by atoms with E-state index in [4.69, 9.17) is 0 Å². The van der Waals surface area contributed by atoms with Gasteiger partial charge in [-0.15, -0.1) is 0 Å². The second-order valence-electron chi connectivity index (χ2n) is 5.05. The summed E-state index contributed by atoms with van der Waals surface area (Å²) in [6, 6.07) is 12.0. The summed E-state index contributed by atoms with van der Waals surface area (Å²) in [5.74, 6) is -0.747. The number of carbonyl (C=O) groups excluding carboxylic acids is 1. The molecule has 0 aliphatic carbocycles. The third-order valence-electron chi connectivity index (χ3n) is 3.23. The molecule has 110 valence electrons. The van der Waals surface area contributed by atoms with Crippen molar-refractivity contribution in [2.24, 2.45) is 0 Å². The number of benzene rings is 2. The normalized spacial score (nSPS) is 10.9. The van der Waals surface area contributed by atoms with Crippen molar-refractivity contribution < 1.29 is 13.6 Å². The molecule has 0 saturated heterocycles. The highest BCUT2D eigenvalue weighted by Gasteiger charge is 2.08. The average molecular weight is 289 g/mol. The van der Waals surface area contributed by atoms with Gasteiger partial charge in [0.15, 0.2) is 5.78 Å². The zero-order valence-corrected chi connectivity index (χ0v) is 11.9. The number of hydrogen-bond donors (Lipinski definition) is 0. The van der Waals surface area contributed by atoms with Crippen molar-refractivity contribution in [3.05, 3.63) is 71.3 Å². The van der Waals surface area contributed by atoms with Gasteiger partial charge in [0.05, 0.1) is 0 Å². The van der Waals surface area contributed by atoms with Gasteiger partial charge in [-0.05, 0) is 36.9 Å². The van der Waals surface area contributed by atoms with Crippen molar-refractivity contribution in [2.45, 2.75) is 13.0 Å². The molecule has 0 aliphatic rings. The van der Waals surface area contributed by atoms with Crippen LogP contribution in [0.5, 0.6) is 0 Å². The Morgan fingerprint density at radius 1 is 1.05 bits per heavy atom. The Morgan fingerprint density at radius 3 is 2.43 bits per heavy atom. The first-order valence-electron chi connectivity index (χ1n) is 6.76. The number of ketones is 1. The minimum atomic E-state index is -0.402. The molecule has 21 heavy (non-hydrogen) atoms. The number of rotatable bonds is 6. The van der Waals surface area contributed by atoms with Crippen LogP contribution in [0.2, 0.25) is 0 Å². The highest BCUT2D eigenvalue weighted by molar-refractivity contribution is 5.96. The van der Waals surface area contributed by atoms with E-state index in [-0.39, 0.29) is 11.6 Å². The molecule has 0 bridgehead atoms. The van der Waals surface area contributed by atoms with E-state index in [1.54, 1.807) is 18.2 Å². The van der Waals surface area contributed by atoms with Gasteiger partial charge in [0.2, 0.25) is 0 Å². The molecular formula is C17H17F2NO. The summed E-state index contributed by atoms with van der Waals surface area (Å²) in [6.45, 7) is 1.20. The lowest BCUT2D eigenvalue weighted by Gasteiger charge is -2.16. The fourth-order valence-corrected chi connectivity index (χ4v) is 2.08. The van der Waals surface area contributed by atoms with Crippen molar-refractivity contribution in [1.29, 1.82) is 0 Å². The predicted molar refractivity (Wildman–Crippen MR) is 78.1 cm³/mol. The van der Waals surface area contributed by atoms with Gasteiger partial charge in [-0.25, -0.2) is 8.78 Å². The van der Waals surface area contributed by atoms with Crippen LogP contribution < -0.4 is 0 Å². The zero-order chi connectivity index (χ0) is 15.2. The van der Waals surface area contributed by atoms with Crippen molar-refractivity contribution in [2.75, 3.05) is 13.6 Å². The molecule has 0 fully saturated rings. The molecule has 2 aromatic carbocycles. The molecule has 0 spiro atoms. The molecule has 0 aromatic heterocycles. The lowest BCUT2D eigenvalue weighted by atomic mass is 10.1. The van der Waals surface area contributed by atoms with Gasteiger partial charge in [0, 0.05) is 25.1 Å². The van der Waals surface area contributed by atoms with Crippen molar-refractivity contribution >= 4 is 5.78 Å². The summed E-state index contributed by atoms with van der Waals surface area (Å²) in [4.78, 5) is 13.9. The lowest BCUT2D eigenvalue weighted by Crippen LogP contribution is -2.21. The molecule has 0 atom stereocenters. The Labute approximate surface area is 123 Å². The Kier molecular flexibility index (Phi) is 5.17. The number of halogens is 2. The van der Waals surface area contributed by atoms with Gasteiger partial charge in [0.1, 0.15) is 11.6 Å². The van der Waals surface area contributed by atoms with Crippen molar-refractivity contribution in [3.8, 4) is 0 Å². The van der Waals surface area contributed by atoms with Crippen LogP contribution in [-0.4, -0.2) is 24.3 Å². The highest BCUT2D eigenvalue weighted by Crippen LogP contribution is 2.09. The van der Waals surface area contributed by atoms with E-state index in [1.807, 2.05) is 11.9 Å². The maximum Gasteiger partial charge on any atom is 0.164 e. The molecule has 0 aliphatic heterocycles. The molecule has 0 saturated carbocycles. The molecule has 0 unspecified atom stereocenters. The van der Waals surface area contributed by atoms with Crippen LogP contribution in [0, 0.1) is 11.6 Å². The van der Waals surface area contributed by atoms with Crippen LogP contribution in [0.4, 0.5) is 8.78 Å². The van der Waals surface area contributed by atoms with Crippen LogP contribution in [0.3, 0.4) is 0 Å². The molecule has 4 heteroatoms. The fourth-order valence-electron chi connectivity index (χ4n) is 2.08. The first kappa shape index (κ1) is 15.3. The molecule has 2 nitrogen and oxygen atoms in total. The second-order valence-corrected chi connectivity index (χ2v) is 5.05. The van der Waals surface area contributed by atoms with Gasteiger partial charge in [0.25, 0.3) is 0 Å². The first-order chi connectivity index (χ1) is 10.0. The summed E-state index contributed by atoms with van der Waals surface area (Å²) in [5, 5.41) is 0. The molecule has 0 radical (unpaired) electrons. The highest BCUT2D eigenvalue weighted by atomic mass is 19.1. The van der Waals surface area contributed by atoms with E-state index in [0.29, 0.717) is 25.1 Å². The Morgan fingerprint density at radius 2 is 1.76 bits per heavy atom. The van der Waals surface area contributed by atoms with Crippen molar-refractivity contribution in [1.82, 2.24) is 4.90 Å². The Hall–Kier alpha value is -2.07. The number of hydrogen-bond acceptors (Lipinski definition) is 2. The standard InChI is InChI=1S/C17H17F2NO/c1-20(12-13-5-7-15(18)8-6-13)10-9-17(21)14-3-2-4-16(19)11-14/h2-8,11H,9-10,12H2,1H3. The van der Waals surface area contributed by atoms with Crippen LogP contribution in [0.25, 0.3) is 0 Å². The summed E-state index contributed by atoms with van der Waals surface area (Å²) in [6.07, 6.45) is 0.321. The number of carbonyl (C=O) groups is 1. The number of nitrogens with zero attached hydrogens (tertiary/aromatic N) is 1. The maximum atomic E-state index is 13.1. The Bertz CT molecular complexity index is 610. The molecule has 2 rings (SSSR count). The monoisotopic (exact) mass is 289 g/mol. The lowest BCUT2D eigenvalue weighted by molar-refractivity contribution is 0.0967. The van der Waals surface area contributed by atoms with Gasteiger partial charge < -0.3 is 4.90 Å². The topological polar surface area (TPSA) is 20.3 Å². The quantitative estimate of drug-likeness (QED) is 0.756. The van der Waals surface area contributed by atoms with Gasteiger partial charge >= 0.3 is 0 Å². The van der Waals surface area contributed by atoms with Crippen LogP contribution in [-0.2, 0) is 6.54 Å². The van der Waals surface area contributed by atoms with Gasteiger partial charge in [-0.2, -0.15) is 0 Å². The fraction of sp³-hybridized carbons (Fsp3) is 0.235. The van der Waals surface area contributed by atoms with Gasteiger partial charge in [-0.3, -0.25) is 4.79 Å². The maximum absolute atomic E-state index is 13.1. The van der Waals surface area contributed by atoms with Crippen LogP contribution >= 0.6 is 0 Å². The minimum Gasteiger partial charge on any atom is -0.302 e. The van der Waals surface area contributed by atoms with Crippen molar-refractivity contribution in [3.63, 3.8) is 0 Å². The van der Waals surface area contributed by atoms with E-state index < -0.39 is 5.82 Å². The summed E-state index contributed by atoms with van der Waals surface area (Å²) in [7, 11) is 1.89. The van der Waals surface area contributed by atoms with Crippen LogP contribution in [0.1, 0.15) is 22.3 Å². The smallest absolute Gasteiger partial charge is 0.164 e. The van der Waals surface area contributed by atoms with E-state index >= 15 is 0 Å². The third-order valence-corrected chi connectivity index (χ3v) is 3.23. The molecule has 0 amide bonds. The molecule has 0 heterocycles. The van der Waals surface area contributed by atoms with Crippen LogP contribution in [0.15, 0.2) is 48.5 Å². The zero-order valence-electron chi connectivity index (χ0n) is 11.9. The summed E-state index contributed by atoms with van der Waals surface area (Å²) < 4.78 is 25.9. The summed E-state index contributed by atoms with van der Waals surface area (Å²) in [5.41, 5.74) is 1.38. The third kappa shape index (κ3) is 4.76. The SMILES string of the molecule is CN(CCC(=O)c1cccc(F)c1)Cc1ccc(F)cc1. The molecule has 2 aromatic rings. The second kappa shape index (κ2) is 7.09. The van der Waals surface area contributed by atoms with E-state index in [0.717, 1.165) is 5.56 Å². The van der Waals surface area contributed by atoms with Gasteiger partial charge in [-0.1, -0.05) is 24.3 Å². The predicted octanol–water partition coefficient (Wildman–Crippen LogP) is 3.67. The van der Waals surface area contributed by atoms with E-state index in [1.165, 1.54) is 30.3 Å².